The van der Waals surface area contributed by atoms with Crippen LogP contribution in [0, 0.1) is 33.5 Å². The molecule has 0 radical (unpaired) electrons. The summed E-state index contributed by atoms with van der Waals surface area (Å²) in [4.78, 5) is 29.4. The Bertz CT molecular complexity index is 1890. The molecule has 56 heavy (non-hydrogen) atoms. The average Bonchev–Trinajstić information content (AvgIpc) is 3.82. The van der Waals surface area contributed by atoms with Gasteiger partial charge in [0.1, 0.15) is 0 Å². The molecule has 11 fully saturated rings. The molecular formula is C47H61ClFN5O2. The summed E-state index contributed by atoms with van der Waals surface area (Å²) in [6.45, 7) is 4.15. The summed E-state index contributed by atoms with van der Waals surface area (Å²) in [6.07, 6.45) is 14.2. The van der Waals surface area contributed by atoms with Crippen LogP contribution < -0.4 is 21.4 Å². The minimum absolute atomic E-state index is 0.0620. The largest absolute Gasteiger partial charge is 0.351 e. The number of hydrazine groups is 1. The van der Waals surface area contributed by atoms with Crippen molar-refractivity contribution in [1.82, 2.24) is 26.4 Å². The van der Waals surface area contributed by atoms with Crippen LogP contribution >= 0.6 is 11.6 Å². The molecule has 2 heterocycles. The number of hydrogen-bond acceptors (Lipinski definition) is 5. The number of halogens is 2. The standard InChI is InChI=1S/C47H61ClFN5O2/c48-11-10-41-18-33-19-43(22-41,27-44(20-33,23-41)40(56)53-54-14-12-50-13-15-54)35-6-8-36(9-7-35)46-25-42(31-49)24-45(28-46,34-4-2-1-3-5-34)29-47(26-42,30-46)39(55)52-38-17-32-16-37(38)51-21-32/h1-9,32-33,37-38,50-51H,10-31H2,(H,52,55)(H,53,56)/t32?,33?,37?,38?,41-,42-,43-,44?,45+,46?,47?/m1/s1. The zero-order chi connectivity index (χ0) is 38.0. The van der Waals surface area contributed by atoms with Crippen molar-refractivity contribution < 1.29 is 14.0 Å². The number of carbonyl (C=O) groups excluding carboxylic acids is 2. The number of fused-ring (bicyclic) bond motifs is 2. The van der Waals surface area contributed by atoms with E-state index in [9.17, 15) is 9.59 Å². The van der Waals surface area contributed by atoms with E-state index in [0.29, 0.717) is 30.2 Å². The molecule has 7 nitrogen and oxygen atoms in total. The number of carbonyl (C=O) groups is 2. The molecule has 9 saturated carbocycles. The number of nitrogens with one attached hydrogen (secondary N) is 4. The number of alkyl halides is 2. The van der Waals surface area contributed by atoms with Gasteiger partial charge in [-0.25, -0.2) is 5.01 Å². The van der Waals surface area contributed by atoms with Crippen molar-refractivity contribution in [3.63, 3.8) is 0 Å². The van der Waals surface area contributed by atoms with Crippen LogP contribution in [0.4, 0.5) is 4.39 Å². The average molecular weight is 782 g/mol. The van der Waals surface area contributed by atoms with E-state index in [1.807, 2.05) is 0 Å². The maximum Gasteiger partial charge on any atom is 0.240 e. The maximum atomic E-state index is 15.9. The highest BCUT2D eigenvalue weighted by atomic mass is 35.5. The normalized spacial score (nSPS) is 45.7. The number of hydrogen-bond donors (Lipinski definition) is 4. The fourth-order valence-corrected chi connectivity index (χ4v) is 17.3. The Balaban J connectivity index is 0.950. The van der Waals surface area contributed by atoms with Crippen molar-refractivity contribution >= 4 is 23.4 Å². The molecule has 2 aromatic carbocycles. The molecule has 2 amide bonds. The molecule has 11 aliphatic rings. The Kier molecular flexibility index (Phi) is 8.32. The first-order chi connectivity index (χ1) is 27.1. The first-order valence-corrected chi connectivity index (χ1v) is 22.7. The van der Waals surface area contributed by atoms with Gasteiger partial charge in [0.25, 0.3) is 0 Å². The van der Waals surface area contributed by atoms with Crippen molar-refractivity contribution in [2.45, 2.75) is 125 Å². The number of rotatable bonds is 10. The highest BCUT2D eigenvalue weighted by molar-refractivity contribution is 6.17. The van der Waals surface area contributed by atoms with E-state index in [2.05, 4.69) is 81.0 Å². The van der Waals surface area contributed by atoms with Crippen LogP contribution in [0.3, 0.4) is 0 Å². The second-order valence-electron chi connectivity index (χ2n) is 21.6. The Hall–Kier alpha value is -2.52. The van der Waals surface area contributed by atoms with Gasteiger partial charge >= 0.3 is 0 Å². The molecule has 9 heteroatoms. The zero-order valence-corrected chi connectivity index (χ0v) is 33.8. The van der Waals surface area contributed by atoms with Gasteiger partial charge in [0, 0.05) is 49.6 Å². The maximum absolute atomic E-state index is 15.9. The lowest BCUT2D eigenvalue weighted by Crippen LogP contribution is -2.68. The van der Waals surface area contributed by atoms with Crippen LogP contribution in [-0.4, -0.2) is 74.2 Å². The minimum Gasteiger partial charge on any atom is -0.351 e. The molecule has 7 unspecified atom stereocenters. The van der Waals surface area contributed by atoms with E-state index in [0.717, 1.165) is 116 Å². The predicted molar refractivity (Wildman–Crippen MR) is 217 cm³/mol. The summed E-state index contributed by atoms with van der Waals surface area (Å²) < 4.78 is 15.9. The molecule has 0 spiro atoms. The third-order valence-corrected chi connectivity index (χ3v) is 17.9. The molecule has 300 valence electrons. The number of amides is 2. The summed E-state index contributed by atoms with van der Waals surface area (Å²) >= 11 is 6.58. The van der Waals surface area contributed by atoms with E-state index < -0.39 is 10.8 Å². The Morgan fingerprint density at radius 3 is 2.04 bits per heavy atom. The second kappa shape index (κ2) is 12.7. The molecule has 10 bridgehead atoms. The second-order valence-corrected chi connectivity index (χ2v) is 22.0. The fraction of sp³-hybridized carbons (Fsp3) is 0.702. The van der Waals surface area contributed by atoms with Crippen molar-refractivity contribution in [3.8, 4) is 0 Å². The lowest BCUT2D eigenvalue weighted by molar-refractivity contribution is -0.172. The Morgan fingerprint density at radius 1 is 0.714 bits per heavy atom. The number of piperazine rings is 1. The molecule has 2 aliphatic heterocycles. The Morgan fingerprint density at radius 2 is 1.38 bits per heavy atom. The van der Waals surface area contributed by atoms with Gasteiger partial charge in [-0.15, -0.1) is 11.6 Å². The van der Waals surface area contributed by atoms with Crippen molar-refractivity contribution in [3.05, 3.63) is 71.3 Å². The van der Waals surface area contributed by atoms with Gasteiger partial charge in [-0.1, -0.05) is 54.6 Å². The van der Waals surface area contributed by atoms with E-state index >= 15 is 4.39 Å². The lowest BCUT2D eigenvalue weighted by Gasteiger charge is -2.70. The minimum atomic E-state index is -0.602. The van der Waals surface area contributed by atoms with E-state index in [1.165, 1.54) is 23.1 Å². The highest BCUT2D eigenvalue weighted by Gasteiger charge is 2.71. The monoisotopic (exact) mass is 781 g/mol. The van der Waals surface area contributed by atoms with Crippen LogP contribution in [0.25, 0.3) is 0 Å². The molecule has 0 aromatic heterocycles. The van der Waals surface area contributed by atoms with Gasteiger partial charge in [0.05, 0.1) is 17.5 Å². The molecule has 2 aromatic rings. The summed E-state index contributed by atoms with van der Waals surface area (Å²) in [5.41, 5.74) is 5.32. The first-order valence-electron chi connectivity index (χ1n) is 22.1. The highest BCUT2D eigenvalue weighted by Crippen LogP contribution is 2.75. The fourth-order valence-electron chi connectivity index (χ4n) is 16.9. The molecule has 9 aliphatic carbocycles. The molecule has 13 rings (SSSR count). The quantitative estimate of drug-likeness (QED) is 0.199. The van der Waals surface area contributed by atoms with E-state index in [1.54, 1.807) is 0 Å². The van der Waals surface area contributed by atoms with E-state index in [-0.39, 0.29) is 51.6 Å². The van der Waals surface area contributed by atoms with Gasteiger partial charge in [0.15, 0.2) is 0 Å². The summed E-state index contributed by atoms with van der Waals surface area (Å²) in [7, 11) is 0. The third-order valence-electron chi connectivity index (χ3n) is 17.7. The summed E-state index contributed by atoms with van der Waals surface area (Å²) in [5, 5.41) is 12.8. The van der Waals surface area contributed by atoms with Crippen LogP contribution in [-0.2, 0) is 25.8 Å². The lowest BCUT2D eigenvalue weighted by atomic mass is 9.33. The number of nitrogens with zero attached hydrogens (tertiary/aromatic N) is 1. The van der Waals surface area contributed by atoms with Gasteiger partial charge in [-0.3, -0.25) is 19.4 Å². The number of benzene rings is 2. The first kappa shape index (κ1) is 36.6. The van der Waals surface area contributed by atoms with Gasteiger partial charge < -0.3 is 16.0 Å². The van der Waals surface area contributed by atoms with E-state index in [4.69, 9.17) is 11.6 Å². The summed E-state index contributed by atoms with van der Waals surface area (Å²) in [6, 6.07) is 20.9. The molecular weight excluding hydrogens is 721 g/mol. The number of piperidine rings is 1. The molecule has 2 saturated heterocycles. The smallest absolute Gasteiger partial charge is 0.240 e. The van der Waals surface area contributed by atoms with Crippen LogP contribution in [0.5, 0.6) is 0 Å². The summed E-state index contributed by atoms with van der Waals surface area (Å²) in [5.74, 6) is 2.20. The van der Waals surface area contributed by atoms with Crippen molar-refractivity contribution in [2.75, 3.05) is 45.3 Å². The molecule has 11 atom stereocenters. The zero-order valence-electron chi connectivity index (χ0n) is 33.1. The predicted octanol–water partition coefficient (Wildman–Crippen LogP) is 6.83. The van der Waals surface area contributed by atoms with Gasteiger partial charge in [-0.2, -0.15) is 0 Å². The van der Waals surface area contributed by atoms with Crippen molar-refractivity contribution in [1.29, 1.82) is 0 Å². The third kappa shape index (κ3) is 5.50. The topological polar surface area (TPSA) is 85.5 Å². The Labute approximate surface area is 337 Å². The van der Waals surface area contributed by atoms with Crippen LogP contribution in [0.15, 0.2) is 54.6 Å². The van der Waals surface area contributed by atoms with Crippen molar-refractivity contribution in [2.24, 2.45) is 33.5 Å². The van der Waals surface area contributed by atoms with Crippen LogP contribution in [0.1, 0.15) is 113 Å². The van der Waals surface area contributed by atoms with Gasteiger partial charge in [-0.05, 0) is 153 Å². The van der Waals surface area contributed by atoms with Gasteiger partial charge in [0.2, 0.25) is 11.8 Å². The molecule has 4 N–H and O–H groups in total. The van der Waals surface area contributed by atoms with Crippen LogP contribution in [0.2, 0.25) is 0 Å². The SMILES string of the molecule is O=C(NC1CC2CNC1C2)C12CC3(c4ccc([C@]56CC7CC(C(=O)NN8CCNCC8)(C[C@](CCCl)(C7)C5)C6)cc4)C[C@@](CF)(C1)C[C@@](c1ccccc1)(C2)C3.